The molecule has 0 fully saturated rings. The summed E-state index contributed by atoms with van der Waals surface area (Å²) in [5, 5.41) is 7.15. The van der Waals surface area contributed by atoms with Crippen LogP contribution in [0.4, 0.5) is 14.5 Å². The van der Waals surface area contributed by atoms with Gasteiger partial charge in [0.25, 0.3) is 0 Å². The molecule has 0 spiro atoms. The molecule has 0 bridgehead atoms. The third-order valence-electron chi connectivity index (χ3n) is 2.56. The number of hydrogen-bond donors (Lipinski definition) is 2. The summed E-state index contributed by atoms with van der Waals surface area (Å²) in [4.78, 5) is 1.54. The van der Waals surface area contributed by atoms with Gasteiger partial charge in [-0.2, -0.15) is 0 Å². The van der Waals surface area contributed by atoms with Gasteiger partial charge in [0.1, 0.15) is 23.2 Å². The van der Waals surface area contributed by atoms with Crippen molar-refractivity contribution < 1.29 is 8.78 Å². The number of nitrogens with one attached hydrogen (secondary N) is 1. The number of hydrogen-bond acceptors (Lipinski definition) is 2. The first-order valence-corrected chi connectivity index (χ1v) is 5.52. The Labute approximate surface area is 99.7 Å². The highest BCUT2D eigenvalue weighted by molar-refractivity contribution is 5.95. The maximum Gasteiger partial charge on any atom is 0.150 e. The SMILES string of the molecule is CCCCN(C)c1c(F)cc(C(=N)N)cc1F. The van der Waals surface area contributed by atoms with Gasteiger partial charge in [0.05, 0.1) is 0 Å². The van der Waals surface area contributed by atoms with Crippen molar-refractivity contribution in [2.75, 3.05) is 18.5 Å². The van der Waals surface area contributed by atoms with Gasteiger partial charge in [0.2, 0.25) is 0 Å². The number of nitrogens with zero attached hydrogens (tertiary/aromatic N) is 1. The van der Waals surface area contributed by atoms with Crippen LogP contribution in [-0.4, -0.2) is 19.4 Å². The molecule has 0 amide bonds. The number of amidine groups is 1. The van der Waals surface area contributed by atoms with Gasteiger partial charge >= 0.3 is 0 Å². The topological polar surface area (TPSA) is 53.1 Å². The Kier molecular flexibility index (Phi) is 4.43. The van der Waals surface area contributed by atoms with Crippen LogP contribution in [0.15, 0.2) is 12.1 Å². The summed E-state index contributed by atoms with van der Waals surface area (Å²) in [7, 11) is 1.64. The van der Waals surface area contributed by atoms with Crippen LogP contribution in [-0.2, 0) is 0 Å². The molecule has 0 radical (unpaired) electrons. The highest BCUT2D eigenvalue weighted by Gasteiger charge is 2.15. The molecule has 1 aromatic carbocycles. The van der Waals surface area contributed by atoms with E-state index < -0.39 is 11.6 Å². The molecule has 5 heteroatoms. The predicted octanol–water partition coefficient (Wildman–Crippen LogP) is 2.49. The Balaban J connectivity index is 3.04. The molecule has 94 valence electrons. The van der Waals surface area contributed by atoms with E-state index in [4.69, 9.17) is 11.1 Å². The number of nitrogen functional groups attached to an aromatic ring is 1. The molecule has 1 aromatic rings. The van der Waals surface area contributed by atoms with E-state index in [0.717, 1.165) is 25.0 Å². The highest BCUT2D eigenvalue weighted by atomic mass is 19.1. The Morgan fingerprint density at radius 1 is 1.35 bits per heavy atom. The molecule has 0 unspecified atom stereocenters. The standard InChI is InChI=1S/C12H17F2N3/c1-3-4-5-17(2)11-9(13)6-8(12(15)16)7-10(11)14/h6-7H,3-5H2,1-2H3,(H3,15,16). The Hall–Kier alpha value is -1.65. The number of halogens is 2. The zero-order chi connectivity index (χ0) is 13.0. The van der Waals surface area contributed by atoms with Crippen LogP contribution in [0.2, 0.25) is 0 Å². The monoisotopic (exact) mass is 241 g/mol. The minimum absolute atomic E-state index is 0.0626. The third kappa shape index (κ3) is 3.15. The van der Waals surface area contributed by atoms with E-state index in [1.807, 2.05) is 6.92 Å². The molecule has 0 saturated carbocycles. The first-order chi connectivity index (χ1) is 7.97. The number of benzene rings is 1. The maximum absolute atomic E-state index is 13.7. The predicted molar refractivity (Wildman–Crippen MR) is 65.6 cm³/mol. The average Bonchev–Trinajstić information content (AvgIpc) is 2.25. The number of rotatable bonds is 5. The minimum Gasteiger partial charge on any atom is -0.384 e. The zero-order valence-electron chi connectivity index (χ0n) is 10.1. The van der Waals surface area contributed by atoms with Crippen molar-refractivity contribution in [3.63, 3.8) is 0 Å². The molecule has 1 rings (SSSR count). The van der Waals surface area contributed by atoms with E-state index in [-0.39, 0.29) is 17.1 Å². The molecule has 3 N–H and O–H groups in total. The largest absolute Gasteiger partial charge is 0.384 e. The summed E-state index contributed by atoms with van der Waals surface area (Å²) in [5.74, 6) is -1.71. The van der Waals surface area contributed by atoms with Crippen molar-refractivity contribution in [3.8, 4) is 0 Å². The van der Waals surface area contributed by atoms with Crippen molar-refractivity contribution in [1.29, 1.82) is 5.41 Å². The molecule has 17 heavy (non-hydrogen) atoms. The van der Waals surface area contributed by atoms with Gasteiger partial charge in [-0.05, 0) is 18.6 Å². The molecule has 0 aromatic heterocycles. The average molecular weight is 241 g/mol. The Morgan fingerprint density at radius 2 is 1.88 bits per heavy atom. The lowest BCUT2D eigenvalue weighted by molar-refractivity contribution is 0.574. The van der Waals surface area contributed by atoms with Crippen LogP contribution in [0.3, 0.4) is 0 Å². The summed E-state index contributed by atoms with van der Waals surface area (Å²) < 4.78 is 27.4. The van der Waals surface area contributed by atoms with Crippen LogP contribution in [0.1, 0.15) is 25.3 Å². The highest BCUT2D eigenvalue weighted by Crippen LogP contribution is 2.24. The molecular weight excluding hydrogens is 224 g/mol. The molecule has 0 saturated heterocycles. The van der Waals surface area contributed by atoms with E-state index in [9.17, 15) is 8.78 Å². The fourth-order valence-electron chi connectivity index (χ4n) is 1.59. The molecule has 3 nitrogen and oxygen atoms in total. The number of anilines is 1. The molecule has 0 atom stereocenters. The Morgan fingerprint density at radius 3 is 2.29 bits per heavy atom. The van der Waals surface area contributed by atoms with Gasteiger partial charge in [-0.15, -0.1) is 0 Å². The Bertz CT molecular complexity index is 395. The van der Waals surface area contributed by atoms with Crippen LogP contribution in [0.25, 0.3) is 0 Å². The van der Waals surface area contributed by atoms with Gasteiger partial charge in [0, 0.05) is 19.2 Å². The number of unbranched alkanes of at least 4 members (excludes halogenated alkanes) is 1. The minimum atomic E-state index is -0.686. The van der Waals surface area contributed by atoms with Crippen LogP contribution < -0.4 is 10.6 Å². The molecule has 0 aliphatic rings. The molecular formula is C12H17F2N3. The lowest BCUT2D eigenvalue weighted by Crippen LogP contribution is -2.22. The van der Waals surface area contributed by atoms with Crippen LogP contribution in [0, 0.1) is 17.0 Å². The second-order valence-electron chi connectivity index (χ2n) is 3.98. The lowest BCUT2D eigenvalue weighted by atomic mass is 10.1. The smallest absolute Gasteiger partial charge is 0.150 e. The summed E-state index contributed by atoms with van der Waals surface area (Å²) in [6, 6.07) is 2.17. The third-order valence-corrected chi connectivity index (χ3v) is 2.56. The van der Waals surface area contributed by atoms with Crippen molar-refractivity contribution in [2.45, 2.75) is 19.8 Å². The van der Waals surface area contributed by atoms with Gasteiger partial charge in [0.15, 0.2) is 0 Å². The normalized spacial score (nSPS) is 10.4. The van der Waals surface area contributed by atoms with E-state index in [1.165, 1.54) is 4.90 Å². The second kappa shape index (κ2) is 5.61. The first-order valence-electron chi connectivity index (χ1n) is 5.52. The van der Waals surface area contributed by atoms with E-state index in [0.29, 0.717) is 6.54 Å². The second-order valence-corrected chi connectivity index (χ2v) is 3.98. The molecule has 0 aliphatic carbocycles. The van der Waals surface area contributed by atoms with Crippen LogP contribution >= 0.6 is 0 Å². The maximum atomic E-state index is 13.7. The van der Waals surface area contributed by atoms with Crippen LogP contribution in [0.5, 0.6) is 0 Å². The van der Waals surface area contributed by atoms with Gasteiger partial charge < -0.3 is 10.6 Å². The zero-order valence-corrected chi connectivity index (χ0v) is 10.1. The van der Waals surface area contributed by atoms with E-state index in [1.54, 1.807) is 7.05 Å². The van der Waals surface area contributed by atoms with Gasteiger partial charge in [-0.3, -0.25) is 5.41 Å². The van der Waals surface area contributed by atoms with Gasteiger partial charge in [-0.25, -0.2) is 8.78 Å². The summed E-state index contributed by atoms with van der Waals surface area (Å²) in [6.07, 6.45) is 1.82. The molecule has 0 heterocycles. The summed E-state index contributed by atoms with van der Waals surface area (Å²) in [6.45, 7) is 2.60. The quantitative estimate of drug-likeness (QED) is 0.614. The number of nitrogens with two attached hydrogens (primary N) is 1. The fraction of sp³-hybridized carbons (Fsp3) is 0.417. The first kappa shape index (κ1) is 13.4. The van der Waals surface area contributed by atoms with Crippen molar-refractivity contribution in [2.24, 2.45) is 5.73 Å². The fourth-order valence-corrected chi connectivity index (χ4v) is 1.59. The van der Waals surface area contributed by atoms with Gasteiger partial charge in [-0.1, -0.05) is 13.3 Å². The van der Waals surface area contributed by atoms with E-state index >= 15 is 0 Å². The lowest BCUT2D eigenvalue weighted by Gasteiger charge is -2.20. The molecule has 0 aliphatic heterocycles. The van der Waals surface area contributed by atoms with Crippen molar-refractivity contribution >= 4 is 11.5 Å². The van der Waals surface area contributed by atoms with E-state index in [2.05, 4.69) is 0 Å². The van der Waals surface area contributed by atoms with Crippen molar-refractivity contribution in [1.82, 2.24) is 0 Å². The van der Waals surface area contributed by atoms with Crippen molar-refractivity contribution in [3.05, 3.63) is 29.3 Å². The summed E-state index contributed by atoms with van der Waals surface area (Å²) in [5.41, 5.74) is 5.19. The summed E-state index contributed by atoms with van der Waals surface area (Å²) >= 11 is 0.